The Hall–Kier alpha value is -0.900. The predicted molar refractivity (Wildman–Crippen MR) is 89.0 cm³/mol. The Morgan fingerprint density at radius 2 is 2.29 bits per heavy atom. The lowest BCUT2D eigenvalue weighted by Gasteiger charge is -2.22. The zero-order valence-electron chi connectivity index (χ0n) is 12.3. The fourth-order valence-electron chi connectivity index (χ4n) is 2.89. The number of halogens is 1. The first-order valence-electron chi connectivity index (χ1n) is 7.16. The van der Waals surface area contributed by atoms with Gasteiger partial charge in [0, 0.05) is 20.0 Å². The molecule has 8 heteroatoms. The van der Waals surface area contributed by atoms with Crippen LogP contribution in [0.1, 0.15) is 31.0 Å². The number of nitrogens with zero attached hydrogens (tertiary/aromatic N) is 3. The predicted octanol–water partition coefficient (Wildman–Crippen LogP) is 1.02. The van der Waals surface area contributed by atoms with Gasteiger partial charge in [0.15, 0.2) is 11.8 Å². The number of ether oxygens (including phenoxy) is 1. The third-order valence-corrected chi connectivity index (χ3v) is 3.85. The van der Waals surface area contributed by atoms with Gasteiger partial charge in [-0.05, 0) is 26.2 Å². The summed E-state index contributed by atoms with van der Waals surface area (Å²) in [6.07, 6.45) is 4.91. The van der Waals surface area contributed by atoms with Crippen LogP contribution in [-0.4, -0.2) is 47.9 Å². The van der Waals surface area contributed by atoms with E-state index in [1.54, 1.807) is 7.05 Å². The zero-order valence-corrected chi connectivity index (χ0v) is 14.7. The summed E-state index contributed by atoms with van der Waals surface area (Å²) < 4.78 is 10.9. The fraction of sp³-hybridized carbons (Fsp3) is 0.769. The van der Waals surface area contributed by atoms with Crippen LogP contribution < -0.4 is 10.6 Å². The van der Waals surface area contributed by atoms with Gasteiger partial charge < -0.3 is 19.9 Å². The van der Waals surface area contributed by atoms with Crippen LogP contribution in [0.15, 0.2) is 9.52 Å². The fourth-order valence-corrected chi connectivity index (χ4v) is 2.89. The summed E-state index contributed by atoms with van der Waals surface area (Å²) in [6, 6.07) is 0.380. The monoisotopic (exact) mass is 407 g/mol. The largest absolute Gasteiger partial charge is 0.373 e. The van der Waals surface area contributed by atoms with Gasteiger partial charge in [0.2, 0.25) is 5.89 Å². The van der Waals surface area contributed by atoms with Crippen LogP contribution in [0.25, 0.3) is 0 Å². The van der Waals surface area contributed by atoms with Gasteiger partial charge in [-0.1, -0.05) is 5.16 Å². The molecule has 2 N–H and O–H groups in total. The average molecular weight is 407 g/mol. The summed E-state index contributed by atoms with van der Waals surface area (Å²) >= 11 is 0. The molecule has 2 saturated heterocycles. The van der Waals surface area contributed by atoms with Gasteiger partial charge in [0.05, 0.1) is 18.2 Å². The highest BCUT2D eigenvalue weighted by molar-refractivity contribution is 14.0. The molecular weight excluding hydrogens is 385 g/mol. The van der Waals surface area contributed by atoms with Crippen LogP contribution in [0.5, 0.6) is 0 Å². The van der Waals surface area contributed by atoms with Crippen molar-refractivity contribution in [1.29, 1.82) is 0 Å². The Morgan fingerprint density at radius 3 is 2.86 bits per heavy atom. The molecule has 7 nitrogen and oxygen atoms in total. The number of nitrogens with one attached hydrogen (secondary N) is 2. The molecule has 3 heterocycles. The van der Waals surface area contributed by atoms with Crippen molar-refractivity contribution in [3.8, 4) is 0 Å². The highest BCUT2D eigenvalue weighted by Crippen LogP contribution is 2.34. The maximum atomic E-state index is 5.83. The van der Waals surface area contributed by atoms with Crippen molar-refractivity contribution in [2.75, 3.05) is 13.6 Å². The number of guanidine groups is 1. The lowest BCUT2D eigenvalue weighted by Crippen LogP contribution is -2.47. The van der Waals surface area contributed by atoms with Crippen molar-refractivity contribution in [3.63, 3.8) is 0 Å². The van der Waals surface area contributed by atoms with E-state index in [2.05, 4.69) is 25.8 Å². The second-order valence-electron chi connectivity index (χ2n) is 5.34. The van der Waals surface area contributed by atoms with Gasteiger partial charge >= 0.3 is 0 Å². The smallest absolute Gasteiger partial charge is 0.228 e. The van der Waals surface area contributed by atoms with E-state index >= 15 is 0 Å². The Kier molecular flexibility index (Phi) is 5.80. The molecule has 2 aliphatic heterocycles. The number of aryl methyl sites for hydroxylation is 1. The molecule has 1 aromatic heterocycles. The number of aliphatic imine (C=N–C) groups is 1. The molecule has 2 aliphatic rings. The molecule has 0 spiro atoms. The van der Waals surface area contributed by atoms with E-state index in [1.165, 1.54) is 6.42 Å². The van der Waals surface area contributed by atoms with Crippen LogP contribution in [0, 0.1) is 6.92 Å². The molecule has 0 amide bonds. The quantitative estimate of drug-likeness (QED) is 0.441. The van der Waals surface area contributed by atoms with E-state index in [0.717, 1.165) is 18.8 Å². The summed E-state index contributed by atoms with van der Waals surface area (Å²) in [5.74, 6) is 2.12. The van der Waals surface area contributed by atoms with E-state index < -0.39 is 0 Å². The van der Waals surface area contributed by atoms with Crippen LogP contribution >= 0.6 is 24.0 Å². The molecule has 118 valence electrons. The van der Waals surface area contributed by atoms with Gasteiger partial charge in [-0.3, -0.25) is 4.99 Å². The van der Waals surface area contributed by atoms with Crippen molar-refractivity contribution in [2.24, 2.45) is 4.99 Å². The minimum atomic E-state index is 0. The molecule has 3 unspecified atom stereocenters. The highest BCUT2D eigenvalue weighted by Gasteiger charge is 2.41. The van der Waals surface area contributed by atoms with Crippen LogP contribution in [0.3, 0.4) is 0 Å². The maximum Gasteiger partial charge on any atom is 0.228 e. The molecule has 0 aliphatic carbocycles. The molecule has 2 bridgehead atoms. The van der Waals surface area contributed by atoms with Crippen molar-refractivity contribution in [2.45, 2.75) is 50.9 Å². The Labute approximate surface area is 141 Å². The first-order chi connectivity index (χ1) is 9.74. The lowest BCUT2D eigenvalue weighted by atomic mass is 9.96. The number of hydrogen-bond donors (Lipinski definition) is 2. The molecule has 2 fully saturated rings. The Balaban J connectivity index is 0.00000161. The van der Waals surface area contributed by atoms with Gasteiger partial charge in [0.1, 0.15) is 0 Å². The summed E-state index contributed by atoms with van der Waals surface area (Å²) in [5, 5.41) is 10.5. The SMILES string of the molecule is CN=C(NCCc1nc(C)no1)NC1CC2CCC1O2.I. The molecule has 0 aromatic carbocycles. The molecule has 0 radical (unpaired) electrons. The lowest BCUT2D eigenvalue weighted by molar-refractivity contribution is 0.0992. The van der Waals surface area contributed by atoms with E-state index in [-0.39, 0.29) is 24.0 Å². The molecular formula is C13H22IN5O2. The maximum absolute atomic E-state index is 5.83. The molecule has 3 rings (SSSR count). The summed E-state index contributed by atoms with van der Waals surface area (Å²) in [7, 11) is 1.78. The second kappa shape index (κ2) is 7.39. The van der Waals surface area contributed by atoms with Crippen LogP contribution in [0.4, 0.5) is 0 Å². The normalized spacial score (nSPS) is 27.5. The van der Waals surface area contributed by atoms with Gasteiger partial charge in [-0.15, -0.1) is 24.0 Å². The summed E-state index contributed by atoms with van der Waals surface area (Å²) in [4.78, 5) is 8.41. The number of fused-ring (bicyclic) bond motifs is 2. The standard InChI is InChI=1S/C13H21N5O2.HI/c1-8-16-12(20-18-8)5-6-15-13(14-2)17-10-7-9-3-4-11(10)19-9;/h9-11H,3-7H2,1-2H3,(H2,14,15,17);1H. The third-order valence-electron chi connectivity index (χ3n) is 3.85. The highest BCUT2D eigenvalue weighted by atomic mass is 127. The molecule has 1 aromatic rings. The Bertz CT molecular complexity index is 493. The van der Waals surface area contributed by atoms with Crippen molar-refractivity contribution < 1.29 is 9.26 Å². The zero-order chi connectivity index (χ0) is 13.9. The second-order valence-corrected chi connectivity index (χ2v) is 5.34. The molecule has 21 heavy (non-hydrogen) atoms. The Morgan fingerprint density at radius 1 is 1.43 bits per heavy atom. The molecule has 0 saturated carbocycles. The first-order valence-corrected chi connectivity index (χ1v) is 7.16. The van der Waals surface area contributed by atoms with Gasteiger partial charge in [-0.2, -0.15) is 4.98 Å². The number of rotatable bonds is 4. The van der Waals surface area contributed by atoms with E-state index in [1.807, 2.05) is 6.92 Å². The topological polar surface area (TPSA) is 84.6 Å². The minimum Gasteiger partial charge on any atom is -0.373 e. The summed E-state index contributed by atoms with van der Waals surface area (Å²) in [5.41, 5.74) is 0. The van der Waals surface area contributed by atoms with E-state index in [9.17, 15) is 0 Å². The molecule has 3 atom stereocenters. The van der Waals surface area contributed by atoms with Gasteiger partial charge in [-0.25, -0.2) is 0 Å². The number of aromatic nitrogens is 2. The van der Waals surface area contributed by atoms with Crippen molar-refractivity contribution in [1.82, 2.24) is 20.8 Å². The third kappa shape index (κ3) is 4.06. The van der Waals surface area contributed by atoms with Gasteiger partial charge in [0.25, 0.3) is 0 Å². The van der Waals surface area contributed by atoms with Crippen LogP contribution in [-0.2, 0) is 11.2 Å². The number of hydrogen-bond acceptors (Lipinski definition) is 5. The minimum absolute atomic E-state index is 0. The van der Waals surface area contributed by atoms with E-state index in [4.69, 9.17) is 9.26 Å². The van der Waals surface area contributed by atoms with E-state index in [0.29, 0.717) is 42.9 Å². The summed E-state index contributed by atoms with van der Waals surface area (Å²) in [6.45, 7) is 2.53. The van der Waals surface area contributed by atoms with Crippen molar-refractivity contribution in [3.05, 3.63) is 11.7 Å². The average Bonchev–Trinajstić information content (AvgIpc) is 3.14. The first kappa shape index (κ1) is 16.5. The van der Waals surface area contributed by atoms with Crippen LogP contribution in [0.2, 0.25) is 0 Å². The van der Waals surface area contributed by atoms with Crippen molar-refractivity contribution >= 4 is 29.9 Å².